The molecule has 5 aromatic carbocycles. The van der Waals surface area contributed by atoms with E-state index < -0.39 is 120 Å². The number of nitrogens with one attached hydrogen (secondary N) is 6. The van der Waals surface area contributed by atoms with Crippen LogP contribution in [0.5, 0.6) is 46.0 Å². The monoisotopic (exact) mass is 1320 g/mol. The van der Waals surface area contributed by atoms with E-state index in [1.807, 2.05) is 0 Å². The number of nitrogens with zero attached hydrogens (tertiary/aromatic N) is 2. The third-order valence-electron chi connectivity index (χ3n) is 15.6. The van der Waals surface area contributed by atoms with Crippen molar-refractivity contribution in [2.24, 2.45) is 11.7 Å². The molecule has 5 aliphatic rings. The highest BCUT2D eigenvalue weighted by Crippen LogP contribution is 2.49. The Hall–Kier alpha value is -10.1. The normalized spacial score (nSPS) is 20.8. The third kappa shape index (κ3) is 15.2. The van der Waals surface area contributed by atoms with E-state index in [1.54, 1.807) is 53.6 Å². The minimum Gasteiger partial charge on any atom is -0.497 e. The summed E-state index contributed by atoms with van der Waals surface area (Å²) >= 11 is 7.00. The molecule has 94 heavy (non-hydrogen) atoms. The maximum absolute atomic E-state index is 15.9. The number of nitrogens with two attached hydrogens (primary N) is 1. The number of halogens is 1. The zero-order valence-corrected chi connectivity index (χ0v) is 54.6. The molecule has 0 saturated heterocycles. The first-order valence-corrected chi connectivity index (χ1v) is 29.9. The summed E-state index contributed by atoms with van der Waals surface area (Å²) < 4.78 is 47.4. The molecule has 0 unspecified atom stereocenters. The van der Waals surface area contributed by atoms with E-state index in [9.17, 15) is 29.4 Å². The van der Waals surface area contributed by atoms with E-state index in [2.05, 4.69) is 31.9 Å². The SMILES string of the molecule is COC(=O)[C@H]1NC(=O)[C@H]2NC(=O)[C@H](NC(=O)[C@@H]3NC(=O)[C@H](CC(N)=O)NC(=O)[C@H](NC(=O)[C@@H](CC(C)C)N(C)C(=O)OC(C)(C)C)[C@H](O)c4ccc(c(N(C)C)c4)Oc4cc3cc(c4OC)Oc3ccc(cc3Cl)[C@H]2O)c2ccc(OC)c(c2)-c2c(OC)cc(OC)cc21. The van der Waals surface area contributed by atoms with E-state index >= 15 is 24.0 Å². The van der Waals surface area contributed by atoms with Crippen LogP contribution < -0.4 is 71.0 Å². The van der Waals surface area contributed by atoms with Crippen LogP contribution in [0, 0.1) is 5.92 Å². The van der Waals surface area contributed by atoms with Crippen molar-refractivity contribution in [1.82, 2.24) is 36.8 Å². The van der Waals surface area contributed by atoms with Crippen LogP contribution in [-0.4, -0.2) is 155 Å². The highest BCUT2D eigenvalue weighted by molar-refractivity contribution is 6.32. The minimum absolute atomic E-state index is 0.0111. The van der Waals surface area contributed by atoms with Crippen molar-refractivity contribution in [2.75, 3.05) is 61.6 Å². The van der Waals surface area contributed by atoms with Crippen LogP contribution in [0.4, 0.5) is 10.5 Å². The molecule has 29 heteroatoms. The van der Waals surface area contributed by atoms with Gasteiger partial charge in [-0.1, -0.05) is 43.6 Å². The van der Waals surface area contributed by atoms with Gasteiger partial charge in [-0.3, -0.25) is 38.5 Å². The molecule has 0 spiro atoms. The first-order valence-electron chi connectivity index (χ1n) is 29.5. The summed E-state index contributed by atoms with van der Waals surface area (Å²) in [6.45, 7) is 8.49. The number of aliphatic hydroxyl groups excluding tert-OH is 2. The van der Waals surface area contributed by atoms with Crippen LogP contribution in [0.2, 0.25) is 5.02 Å². The van der Waals surface area contributed by atoms with Gasteiger partial charge in [-0.15, -0.1) is 0 Å². The third-order valence-corrected chi connectivity index (χ3v) is 15.9. The molecule has 28 nitrogen and oxygen atoms in total. The van der Waals surface area contributed by atoms with Gasteiger partial charge in [0, 0.05) is 43.9 Å². The number of carbonyl (C=O) groups excluding carboxylic acids is 9. The average molecular weight is 1320 g/mol. The lowest BCUT2D eigenvalue weighted by Gasteiger charge is -2.33. The van der Waals surface area contributed by atoms with Crippen molar-refractivity contribution >= 4 is 70.7 Å². The number of esters is 1. The van der Waals surface area contributed by atoms with Gasteiger partial charge >= 0.3 is 12.1 Å². The summed E-state index contributed by atoms with van der Waals surface area (Å²) in [6, 6.07) is 4.75. The van der Waals surface area contributed by atoms with Crippen LogP contribution in [0.25, 0.3) is 11.1 Å². The molecule has 0 saturated carbocycles. The summed E-state index contributed by atoms with van der Waals surface area (Å²) in [5.74, 6) is -9.79. The summed E-state index contributed by atoms with van der Waals surface area (Å²) in [5.41, 5.74) is 4.97. The molecule has 0 aromatic heterocycles. The molecular formula is C65H76ClN9O19. The van der Waals surface area contributed by atoms with Gasteiger partial charge in [0.25, 0.3) is 0 Å². The van der Waals surface area contributed by atoms with Gasteiger partial charge in [0.05, 0.1) is 52.7 Å². The van der Waals surface area contributed by atoms with Crippen LogP contribution in [0.15, 0.2) is 78.9 Å². The molecule has 0 aliphatic carbocycles. The number of primary amides is 1. The van der Waals surface area contributed by atoms with Crippen LogP contribution in [-0.2, 0) is 47.8 Å². The Bertz CT molecular complexity index is 3800. The van der Waals surface area contributed by atoms with Crippen molar-refractivity contribution in [3.63, 3.8) is 0 Å². The lowest BCUT2D eigenvalue weighted by atomic mass is 9.89. The zero-order valence-electron chi connectivity index (χ0n) is 53.9. The fourth-order valence-corrected chi connectivity index (χ4v) is 11.2. The molecule has 10 rings (SSSR count). The number of carbonyl (C=O) groups is 9. The molecule has 5 heterocycles. The lowest BCUT2D eigenvalue weighted by molar-refractivity contribution is -0.146. The molecule has 0 radical (unpaired) electrons. The number of rotatable bonds is 13. The molecule has 10 N–H and O–H groups in total. The molecule has 8 amide bonds. The molecule has 11 bridgehead atoms. The predicted molar refractivity (Wildman–Crippen MR) is 338 cm³/mol. The number of ether oxygens (including phenoxy) is 8. The van der Waals surface area contributed by atoms with Gasteiger partial charge in [0.1, 0.15) is 77.1 Å². The van der Waals surface area contributed by atoms with Gasteiger partial charge in [-0.2, -0.15) is 0 Å². The maximum atomic E-state index is 15.9. The zero-order chi connectivity index (χ0) is 68.9. The second-order valence-electron chi connectivity index (χ2n) is 24.0. The van der Waals surface area contributed by atoms with Crippen LogP contribution in [0.1, 0.15) is 106 Å². The molecule has 9 atom stereocenters. The molecule has 502 valence electrons. The van der Waals surface area contributed by atoms with Crippen molar-refractivity contribution in [2.45, 2.75) is 108 Å². The highest BCUT2D eigenvalue weighted by Gasteiger charge is 2.43. The van der Waals surface area contributed by atoms with E-state index in [0.29, 0.717) is 0 Å². The number of amides is 8. The van der Waals surface area contributed by atoms with Crippen molar-refractivity contribution in [3.05, 3.63) is 112 Å². The first-order chi connectivity index (χ1) is 44.4. The Labute approximate surface area is 546 Å². The number of hydrogen-bond donors (Lipinski definition) is 9. The number of fused-ring (bicyclic) bond motifs is 15. The maximum Gasteiger partial charge on any atom is 0.410 e. The van der Waals surface area contributed by atoms with E-state index in [4.69, 9.17) is 55.2 Å². The Balaban J connectivity index is 1.39. The lowest BCUT2D eigenvalue weighted by Crippen LogP contribution is -2.59. The quantitative estimate of drug-likeness (QED) is 0.0718. The van der Waals surface area contributed by atoms with Crippen LogP contribution >= 0.6 is 11.6 Å². The topological polar surface area (TPSA) is 373 Å². The fraction of sp³-hybridized carbons (Fsp3) is 0.400. The Morgan fingerprint density at radius 1 is 0.660 bits per heavy atom. The fourth-order valence-electron chi connectivity index (χ4n) is 10.9. The van der Waals surface area contributed by atoms with Crippen LogP contribution in [0.3, 0.4) is 0 Å². The molecule has 0 fully saturated rings. The Morgan fingerprint density at radius 3 is 1.85 bits per heavy atom. The molecule has 5 aromatic rings. The number of aliphatic hydroxyl groups is 2. The van der Waals surface area contributed by atoms with E-state index in [1.165, 1.54) is 114 Å². The van der Waals surface area contributed by atoms with E-state index in [-0.39, 0.29) is 108 Å². The smallest absolute Gasteiger partial charge is 0.410 e. The second-order valence-corrected chi connectivity index (χ2v) is 24.4. The Kier molecular flexibility index (Phi) is 21.4. The minimum atomic E-state index is -2.07. The number of likely N-dealkylation sites (N-methyl/N-ethyl adjacent to an activating group) is 1. The molecule has 5 aliphatic heterocycles. The van der Waals surface area contributed by atoms with E-state index in [0.717, 1.165) is 12.0 Å². The Morgan fingerprint density at radius 2 is 1.27 bits per heavy atom. The van der Waals surface area contributed by atoms with Gasteiger partial charge in [0.15, 0.2) is 23.3 Å². The first kappa shape index (κ1) is 69.8. The summed E-state index contributed by atoms with van der Waals surface area (Å²) in [5, 5.41) is 40.2. The van der Waals surface area contributed by atoms with Crippen molar-refractivity contribution in [3.8, 4) is 57.1 Å². The largest absolute Gasteiger partial charge is 0.497 e. The number of methoxy groups -OCH3 is 5. The second kappa shape index (κ2) is 28.8. The van der Waals surface area contributed by atoms with Gasteiger partial charge < -0.3 is 90.6 Å². The summed E-state index contributed by atoms with van der Waals surface area (Å²) in [4.78, 5) is 135. The predicted octanol–water partition coefficient (Wildman–Crippen LogP) is 4.76. The number of benzene rings is 5. The van der Waals surface area contributed by atoms with Gasteiger partial charge in [0.2, 0.25) is 47.1 Å². The summed E-state index contributed by atoms with van der Waals surface area (Å²) in [7, 11) is 11.0. The summed E-state index contributed by atoms with van der Waals surface area (Å²) in [6.07, 6.45) is -5.80. The van der Waals surface area contributed by atoms with Gasteiger partial charge in [-0.25, -0.2) is 9.59 Å². The molecular weight excluding hydrogens is 1250 g/mol. The average Bonchev–Trinajstić information content (AvgIpc) is 0.771. The van der Waals surface area contributed by atoms with Crippen molar-refractivity contribution in [1.29, 1.82) is 0 Å². The van der Waals surface area contributed by atoms with Gasteiger partial charge in [-0.05, 0) is 110 Å². The standard InChI is InChI=1S/C65H76ClN9O19/c1-29(2)20-40(75(8)64(86)94-65(3,4)5)58(80)72-52-55(78)32-16-19-43(39(23-32)74(6)7)93-46-25-33-24-45(56(46)90-12)92-42-18-15-31(22-37(42)66)54(77)53-62(84)71-51(63(85)91-13)36-26-34(87-9)27-44(89-11)48(36)35-21-30(14-17-41(35)88-10)49(59(81)73-53)70-60(82)50(33)69-57(79)38(28-47(67)76)68-61(52)83/h14-19,21-27,29,38,40,49-55,77-78H,20,28H2,1-13H3,(H2,67,76)(H,68,83)(H,69,79)(H,70,82)(H,71,84)(H,72,80)(H,73,81)/t38-,40+,49+,50+,51-,52+,53-,54+,55+/m0/s1. The number of hydrogen-bond acceptors (Lipinski definition) is 20. The highest BCUT2D eigenvalue weighted by atomic mass is 35.5. The number of anilines is 1. The van der Waals surface area contributed by atoms with Crippen molar-refractivity contribution < 1.29 is 91.3 Å².